The monoisotopic (exact) mass is 262 g/mol. The van der Waals surface area contributed by atoms with Crippen molar-refractivity contribution < 1.29 is 0 Å². The number of hydrogen-bond donors (Lipinski definition) is 1. The van der Waals surface area contributed by atoms with Crippen LogP contribution in [0.5, 0.6) is 0 Å². The van der Waals surface area contributed by atoms with Crippen molar-refractivity contribution in [3.05, 3.63) is 77.1 Å². The number of pyridine rings is 1. The highest BCUT2D eigenvalue weighted by Gasteiger charge is 2.10. The van der Waals surface area contributed by atoms with Gasteiger partial charge in [-0.3, -0.25) is 4.98 Å². The smallest absolute Gasteiger partial charge is 0.0553 e. The molecule has 0 aliphatic heterocycles. The average Bonchev–Trinajstić information content (AvgIpc) is 2.45. The van der Waals surface area contributed by atoms with Crippen LogP contribution in [0.4, 0.5) is 0 Å². The Labute approximate surface area is 119 Å². The zero-order chi connectivity index (χ0) is 14.1. The van der Waals surface area contributed by atoms with Gasteiger partial charge in [0.25, 0.3) is 0 Å². The molecule has 2 N–H and O–H groups in total. The summed E-state index contributed by atoms with van der Waals surface area (Å²) in [6.45, 7) is 4.01. The summed E-state index contributed by atoms with van der Waals surface area (Å²) in [6, 6.07) is 18.8. The third-order valence-electron chi connectivity index (χ3n) is 3.60. The maximum atomic E-state index is 6.42. The van der Waals surface area contributed by atoms with E-state index in [9.17, 15) is 0 Å². The zero-order valence-electron chi connectivity index (χ0n) is 11.8. The molecule has 2 nitrogen and oxygen atoms in total. The van der Waals surface area contributed by atoms with Crippen LogP contribution < -0.4 is 5.73 Å². The fraction of sp³-hybridized carbons (Fsp3) is 0.167. The van der Waals surface area contributed by atoms with Crippen LogP contribution in [-0.2, 0) is 0 Å². The lowest BCUT2D eigenvalue weighted by Crippen LogP contribution is -2.12. The van der Waals surface area contributed by atoms with Crippen LogP contribution in [0.25, 0.3) is 10.8 Å². The number of fused-ring (bicyclic) bond motifs is 1. The molecule has 3 aromatic rings. The molecule has 0 aliphatic rings. The van der Waals surface area contributed by atoms with Crippen molar-refractivity contribution in [3.8, 4) is 0 Å². The van der Waals surface area contributed by atoms with Crippen molar-refractivity contribution in [2.24, 2.45) is 5.73 Å². The first-order chi connectivity index (χ1) is 9.63. The van der Waals surface area contributed by atoms with Crippen LogP contribution in [0, 0.1) is 13.8 Å². The van der Waals surface area contributed by atoms with E-state index in [1.165, 1.54) is 10.8 Å². The lowest BCUT2D eigenvalue weighted by molar-refractivity contribution is 0.861. The van der Waals surface area contributed by atoms with E-state index in [1.54, 1.807) is 0 Å². The van der Waals surface area contributed by atoms with Gasteiger partial charge in [0.1, 0.15) is 0 Å². The lowest BCUT2D eigenvalue weighted by atomic mass is 9.96. The SMILES string of the molecule is Cc1cc(C(N)c2ccc3ccccc3c2)cc(C)n1. The predicted molar refractivity (Wildman–Crippen MR) is 83.7 cm³/mol. The molecular weight excluding hydrogens is 244 g/mol. The van der Waals surface area contributed by atoms with Gasteiger partial charge in [0.05, 0.1) is 6.04 Å². The Hall–Kier alpha value is -2.19. The maximum Gasteiger partial charge on any atom is 0.0553 e. The number of aryl methyl sites for hydroxylation is 2. The van der Waals surface area contributed by atoms with Crippen molar-refractivity contribution in [1.82, 2.24) is 4.98 Å². The first-order valence-electron chi connectivity index (χ1n) is 6.83. The van der Waals surface area contributed by atoms with Crippen LogP contribution in [0.2, 0.25) is 0 Å². The highest BCUT2D eigenvalue weighted by atomic mass is 14.7. The molecule has 0 fully saturated rings. The molecule has 20 heavy (non-hydrogen) atoms. The minimum Gasteiger partial charge on any atom is -0.320 e. The Kier molecular flexibility index (Phi) is 3.25. The number of rotatable bonds is 2. The average molecular weight is 262 g/mol. The van der Waals surface area contributed by atoms with Gasteiger partial charge in [0.15, 0.2) is 0 Å². The summed E-state index contributed by atoms with van der Waals surface area (Å²) >= 11 is 0. The second-order valence-electron chi connectivity index (χ2n) is 5.27. The molecule has 0 saturated heterocycles. The van der Waals surface area contributed by atoms with E-state index in [0.29, 0.717) is 0 Å². The second-order valence-corrected chi connectivity index (χ2v) is 5.27. The van der Waals surface area contributed by atoms with Gasteiger partial charge < -0.3 is 5.73 Å². The van der Waals surface area contributed by atoms with E-state index in [4.69, 9.17) is 5.73 Å². The molecule has 0 aliphatic carbocycles. The number of nitrogens with zero attached hydrogens (tertiary/aromatic N) is 1. The van der Waals surface area contributed by atoms with Gasteiger partial charge in [-0.1, -0.05) is 36.4 Å². The van der Waals surface area contributed by atoms with Crippen molar-refractivity contribution in [2.45, 2.75) is 19.9 Å². The van der Waals surface area contributed by atoms with E-state index in [0.717, 1.165) is 22.5 Å². The van der Waals surface area contributed by atoms with Crippen molar-refractivity contribution in [1.29, 1.82) is 0 Å². The van der Waals surface area contributed by atoms with Gasteiger partial charge in [-0.05, 0) is 53.9 Å². The van der Waals surface area contributed by atoms with Crippen LogP contribution in [0.3, 0.4) is 0 Å². The van der Waals surface area contributed by atoms with Gasteiger partial charge in [-0.25, -0.2) is 0 Å². The first-order valence-corrected chi connectivity index (χ1v) is 6.83. The molecule has 0 saturated carbocycles. The number of benzene rings is 2. The van der Waals surface area contributed by atoms with Crippen LogP contribution >= 0.6 is 0 Å². The van der Waals surface area contributed by atoms with Crippen molar-refractivity contribution >= 4 is 10.8 Å². The lowest BCUT2D eigenvalue weighted by Gasteiger charge is -2.14. The molecule has 0 radical (unpaired) electrons. The molecule has 1 unspecified atom stereocenters. The van der Waals surface area contributed by atoms with Crippen LogP contribution in [0.15, 0.2) is 54.6 Å². The minimum atomic E-state index is -0.111. The van der Waals surface area contributed by atoms with Gasteiger partial charge in [0.2, 0.25) is 0 Å². The summed E-state index contributed by atoms with van der Waals surface area (Å²) < 4.78 is 0. The summed E-state index contributed by atoms with van der Waals surface area (Å²) in [6.07, 6.45) is 0. The summed E-state index contributed by atoms with van der Waals surface area (Å²) in [7, 11) is 0. The van der Waals surface area contributed by atoms with E-state index in [2.05, 4.69) is 59.6 Å². The first kappa shape index (κ1) is 12.8. The third-order valence-corrected chi connectivity index (χ3v) is 3.60. The van der Waals surface area contributed by atoms with Crippen molar-refractivity contribution in [3.63, 3.8) is 0 Å². The molecule has 2 aromatic carbocycles. The van der Waals surface area contributed by atoms with Gasteiger partial charge in [-0.2, -0.15) is 0 Å². The summed E-state index contributed by atoms with van der Waals surface area (Å²) in [5, 5.41) is 2.47. The summed E-state index contributed by atoms with van der Waals surface area (Å²) in [4.78, 5) is 4.40. The van der Waals surface area contributed by atoms with Crippen LogP contribution in [0.1, 0.15) is 28.6 Å². The number of aromatic nitrogens is 1. The topological polar surface area (TPSA) is 38.9 Å². The highest BCUT2D eigenvalue weighted by molar-refractivity contribution is 5.83. The molecule has 100 valence electrons. The minimum absolute atomic E-state index is 0.111. The molecule has 3 rings (SSSR count). The molecule has 1 atom stereocenters. The summed E-state index contributed by atoms with van der Waals surface area (Å²) in [5.41, 5.74) is 10.7. The fourth-order valence-corrected chi connectivity index (χ4v) is 2.64. The van der Waals surface area contributed by atoms with Gasteiger partial charge in [-0.15, -0.1) is 0 Å². The predicted octanol–water partition coefficient (Wildman–Crippen LogP) is 3.90. The van der Waals surface area contributed by atoms with Crippen LogP contribution in [-0.4, -0.2) is 4.98 Å². The Morgan fingerprint density at radius 3 is 2.15 bits per heavy atom. The molecule has 1 heterocycles. The summed E-state index contributed by atoms with van der Waals surface area (Å²) in [5.74, 6) is 0. The van der Waals surface area contributed by atoms with E-state index in [1.807, 2.05) is 13.8 Å². The quantitative estimate of drug-likeness (QED) is 0.760. The fourth-order valence-electron chi connectivity index (χ4n) is 2.64. The largest absolute Gasteiger partial charge is 0.320 e. The van der Waals surface area contributed by atoms with E-state index in [-0.39, 0.29) is 6.04 Å². The molecule has 0 spiro atoms. The Balaban J connectivity index is 2.05. The normalized spacial score (nSPS) is 12.6. The van der Waals surface area contributed by atoms with Crippen molar-refractivity contribution in [2.75, 3.05) is 0 Å². The Morgan fingerprint density at radius 2 is 1.45 bits per heavy atom. The van der Waals surface area contributed by atoms with Gasteiger partial charge in [0, 0.05) is 11.4 Å². The van der Waals surface area contributed by atoms with E-state index >= 15 is 0 Å². The molecule has 2 heteroatoms. The zero-order valence-corrected chi connectivity index (χ0v) is 11.8. The van der Waals surface area contributed by atoms with E-state index < -0.39 is 0 Å². The number of nitrogens with two attached hydrogens (primary N) is 1. The Bertz CT molecular complexity index is 742. The second kappa shape index (κ2) is 5.06. The number of hydrogen-bond acceptors (Lipinski definition) is 2. The molecule has 0 bridgehead atoms. The maximum absolute atomic E-state index is 6.42. The molecular formula is C18H18N2. The molecule has 0 amide bonds. The van der Waals surface area contributed by atoms with Gasteiger partial charge >= 0.3 is 0 Å². The standard InChI is InChI=1S/C18H18N2/c1-12-9-17(10-13(2)20-12)18(19)16-8-7-14-5-3-4-6-15(14)11-16/h3-11,18H,19H2,1-2H3. The highest BCUT2D eigenvalue weighted by Crippen LogP contribution is 2.24. The third kappa shape index (κ3) is 2.43. The Morgan fingerprint density at radius 1 is 0.800 bits per heavy atom. The molecule has 1 aromatic heterocycles.